The molecular formula is C16H26O2. The van der Waals surface area contributed by atoms with Crippen molar-refractivity contribution < 1.29 is 9.47 Å². The van der Waals surface area contributed by atoms with Gasteiger partial charge in [-0.1, -0.05) is 43.4 Å². The van der Waals surface area contributed by atoms with E-state index in [4.69, 9.17) is 9.47 Å². The van der Waals surface area contributed by atoms with E-state index in [1.807, 2.05) is 0 Å². The summed E-state index contributed by atoms with van der Waals surface area (Å²) >= 11 is 0. The van der Waals surface area contributed by atoms with Gasteiger partial charge < -0.3 is 9.47 Å². The molecule has 1 heterocycles. The van der Waals surface area contributed by atoms with Gasteiger partial charge in [0.2, 0.25) is 0 Å². The van der Waals surface area contributed by atoms with Gasteiger partial charge in [0.15, 0.2) is 6.29 Å². The minimum Gasteiger partial charge on any atom is -0.353 e. The van der Waals surface area contributed by atoms with Crippen molar-refractivity contribution in [3.63, 3.8) is 0 Å². The van der Waals surface area contributed by atoms with Crippen molar-refractivity contribution >= 4 is 0 Å². The summed E-state index contributed by atoms with van der Waals surface area (Å²) in [4.78, 5) is 0. The summed E-state index contributed by atoms with van der Waals surface area (Å²) in [6.07, 6.45) is 19.6. The Hall–Kier alpha value is -0.860. The lowest BCUT2D eigenvalue weighted by molar-refractivity contribution is -0.155. The van der Waals surface area contributed by atoms with Crippen molar-refractivity contribution in [2.24, 2.45) is 0 Å². The second-order valence-corrected chi connectivity index (χ2v) is 4.42. The molecule has 2 nitrogen and oxygen atoms in total. The molecule has 18 heavy (non-hydrogen) atoms. The van der Waals surface area contributed by atoms with Crippen LogP contribution in [0.2, 0.25) is 0 Å². The van der Waals surface area contributed by atoms with E-state index in [0.29, 0.717) is 6.61 Å². The molecule has 1 atom stereocenters. The maximum atomic E-state index is 5.60. The van der Waals surface area contributed by atoms with Gasteiger partial charge >= 0.3 is 0 Å². The molecular weight excluding hydrogens is 224 g/mol. The Kier molecular flexibility index (Phi) is 9.49. The van der Waals surface area contributed by atoms with Crippen molar-refractivity contribution in [3.8, 4) is 0 Å². The van der Waals surface area contributed by atoms with E-state index in [1.54, 1.807) is 0 Å². The van der Waals surface area contributed by atoms with E-state index < -0.39 is 0 Å². The van der Waals surface area contributed by atoms with Gasteiger partial charge in [-0.25, -0.2) is 0 Å². The Labute approximate surface area is 111 Å². The van der Waals surface area contributed by atoms with Gasteiger partial charge in [0.25, 0.3) is 0 Å². The molecule has 1 aliphatic heterocycles. The van der Waals surface area contributed by atoms with Gasteiger partial charge in [0.1, 0.15) is 0 Å². The molecule has 0 spiro atoms. The summed E-state index contributed by atoms with van der Waals surface area (Å²) in [6, 6.07) is 0. The molecule has 0 aromatic rings. The highest BCUT2D eigenvalue weighted by molar-refractivity contribution is 4.97. The van der Waals surface area contributed by atoms with Crippen LogP contribution in [0, 0.1) is 0 Å². The van der Waals surface area contributed by atoms with Crippen molar-refractivity contribution in [2.75, 3.05) is 13.2 Å². The maximum Gasteiger partial charge on any atom is 0.157 e. The number of allylic oxidation sites excluding steroid dienone is 5. The molecule has 1 aliphatic rings. The summed E-state index contributed by atoms with van der Waals surface area (Å²) in [5.41, 5.74) is 0. The Morgan fingerprint density at radius 1 is 1.00 bits per heavy atom. The first-order chi connectivity index (χ1) is 8.93. The lowest BCUT2D eigenvalue weighted by Crippen LogP contribution is -2.22. The van der Waals surface area contributed by atoms with Gasteiger partial charge in [0.05, 0.1) is 6.61 Å². The second kappa shape index (κ2) is 11.2. The van der Waals surface area contributed by atoms with E-state index >= 15 is 0 Å². The molecule has 0 aliphatic carbocycles. The Morgan fingerprint density at radius 3 is 2.39 bits per heavy atom. The zero-order valence-corrected chi connectivity index (χ0v) is 11.5. The fourth-order valence-corrected chi connectivity index (χ4v) is 1.78. The molecule has 1 fully saturated rings. The average molecular weight is 250 g/mol. The summed E-state index contributed by atoms with van der Waals surface area (Å²) in [6.45, 7) is 3.66. The Balaban J connectivity index is 1.94. The normalized spacial score (nSPS) is 21.5. The summed E-state index contributed by atoms with van der Waals surface area (Å²) in [5, 5.41) is 0. The van der Waals surface area contributed by atoms with E-state index in [2.05, 4.69) is 43.4 Å². The third-order valence-corrected chi connectivity index (χ3v) is 2.80. The zero-order chi connectivity index (χ0) is 12.9. The van der Waals surface area contributed by atoms with Crippen molar-refractivity contribution in [1.29, 1.82) is 0 Å². The molecule has 0 saturated carbocycles. The Bertz CT molecular complexity index is 260. The molecule has 0 N–H and O–H groups in total. The lowest BCUT2D eigenvalue weighted by atomic mass is 10.2. The highest BCUT2D eigenvalue weighted by Gasteiger charge is 2.12. The fourth-order valence-electron chi connectivity index (χ4n) is 1.78. The van der Waals surface area contributed by atoms with Crippen LogP contribution in [0.5, 0.6) is 0 Å². The van der Waals surface area contributed by atoms with Crippen LogP contribution < -0.4 is 0 Å². The van der Waals surface area contributed by atoms with Gasteiger partial charge in [-0.15, -0.1) is 0 Å². The molecule has 2 heteroatoms. The monoisotopic (exact) mass is 250 g/mol. The molecule has 0 radical (unpaired) electrons. The van der Waals surface area contributed by atoms with Crippen molar-refractivity contribution in [1.82, 2.24) is 0 Å². The Morgan fingerprint density at radius 2 is 1.72 bits per heavy atom. The standard InChI is InChI=1S/C16H26O2/c1-2-3-4-5-6-7-8-9-11-14-17-16-13-10-12-15-18-16/h3-4,6-7,9,11,16H,2,5,8,10,12-15H2,1H3. The number of ether oxygens (including phenoxy) is 2. The van der Waals surface area contributed by atoms with E-state index in [1.165, 1.54) is 12.8 Å². The highest BCUT2D eigenvalue weighted by atomic mass is 16.7. The maximum absolute atomic E-state index is 5.60. The van der Waals surface area contributed by atoms with Gasteiger partial charge in [-0.05, 0) is 38.5 Å². The van der Waals surface area contributed by atoms with Crippen LogP contribution in [0.25, 0.3) is 0 Å². The third-order valence-electron chi connectivity index (χ3n) is 2.80. The largest absolute Gasteiger partial charge is 0.353 e. The third kappa shape index (κ3) is 8.26. The number of hydrogen-bond acceptors (Lipinski definition) is 2. The van der Waals surface area contributed by atoms with Crippen LogP contribution in [-0.2, 0) is 9.47 Å². The quantitative estimate of drug-likeness (QED) is 0.595. The van der Waals surface area contributed by atoms with Crippen LogP contribution in [0.3, 0.4) is 0 Å². The molecule has 0 aromatic carbocycles. The minimum atomic E-state index is 0.0260. The van der Waals surface area contributed by atoms with Crippen molar-refractivity contribution in [2.45, 2.75) is 51.7 Å². The molecule has 1 saturated heterocycles. The summed E-state index contributed by atoms with van der Waals surface area (Å²) in [7, 11) is 0. The summed E-state index contributed by atoms with van der Waals surface area (Å²) < 4.78 is 11.1. The van der Waals surface area contributed by atoms with Gasteiger partial charge in [-0.3, -0.25) is 0 Å². The summed E-state index contributed by atoms with van der Waals surface area (Å²) in [5.74, 6) is 0. The van der Waals surface area contributed by atoms with Crippen LogP contribution in [0.4, 0.5) is 0 Å². The van der Waals surface area contributed by atoms with E-state index in [0.717, 1.165) is 32.3 Å². The average Bonchev–Trinajstić information content (AvgIpc) is 2.42. The zero-order valence-electron chi connectivity index (χ0n) is 11.5. The predicted octanol–water partition coefficient (Wildman–Crippen LogP) is 4.39. The molecule has 0 amide bonds. The number of hydrogen-bond donors (Lipinski definition) is 0. The fraction of sp³-hybridized carbons (Fsp3) is 0.625. The van der Waals surface area contributed by atoms with E-state index in [-0.39, 0.29) is 6.29 Å². The molecule has 102 valence electrons. The van der Waals surface area contributed by atoms with Gasteiger partial charge in [-0.2, -0.15) is 0 Å². The van der Waals surface area contributed by atoms with E-state index in [9.17, 15) is 0 Å². The first-order valence-corrected chi connectivity index (χ1v) is 7.11. The lowest BCUT2D eigenvalue weighted by Gasteiger charge is -2.21. The first-order valence-electron chi connectivity index (χ1n) is 7.11. The molecule has 1 unspecified atom stereocenters. The van der Waals surface area contributed by atoms with Crippen LogP contribution in [0.1, 0.15) is 45.4 Å². The van der Waals surface area contributed by atoms with Gasteiger partial charge in [0, 0.05) is 6.61 Å². The first kappa shape index (κ1) is 15.2. The number of rotatable bonds is 8. The molecule has 1 rings (SSSR count). The van der Waals surface area contributed by atoms with Crippen molar-refractivity contribution in [3.05, 3.63) is 36.5 Å². The molecule has 0 aromatic heterocycles. The predicted molar refractivity (Wildman–Crippen MR) is 76.5 cm³/mol. The smallest absolute Gasteiger partial charge is 0.157 e. The van der Waals surface area contributed by atoms with Crippen LogP contribution in [-0.4, -0.2) is 19.5 Å². The molecule has 0 bridgehead atoms. The second-order valence-electron chi connectivity index (χ2n) is 4.42. The topological polar surface area (TPSA) is 18.5 Å². The van der Waals surface area contributed by atoms with Crippen LogP contribution >= 0.6 is 0 Å². The van der Waals surface area contributed by atoms with Crippen LogP contribution in [0.15, 0.2) is 36.5 Å². The highest BCUT2D eigenvalue weighted by Crippen LogP contribution is 2.13. The SMILES string of the molecule is CCC=CCC=CCC=CCOC1CCCCO1. The minimum absolute atomic E-state index is 0.0260.